The van der Waals surface area contributed by atoms with E-state index >= 15 is 0 Å². The predicted molar refractivity (Wildman–Crippen MR) is 117 cm³/mol. The largest absolute Gasteiger partial charge is 0.497 e. The molecule has 0 aliphatic rings. The predicted octanol–water partition coefficient (Wildman–Crippen LogP) is 6.43. The van der Waals surface area contributed by atoms with E-state index in [0.717, 1.165) is 25.9 Å². The van der Waals surface area contributed by atoms with Crippen molar-refractivity contribution >= 4 is 34.9 Å². The summed E-state index contributed by atoms with van der Waals surface area (Å²) in [5.41, 5.74) is 4.13. The van der Waals surface area contributed by atoms with Crippen LogP contribution in [-0.4, -0.2) is 17.3 Å². The first-order valence-electron chi connectivity index (χ1n) is 8.75. The first kappa shape index (κ1) is 20.2. The number of rotatable bonds is 7. The summed E-state index contributed by atoms with van der Waals surface area (Å²) in [5.74, 6) is 2.69. The van der Waals surface area contributed by atoms with Gasteiger partial charge in [0.15, 0.2) is 8.68 Å². The highest BCUT2D eigenvalue weighted by Crippen LogP contribution is 2.33. The van der Waals surface area contributed by atoms with Crippen molar-refractivity contribution in [1.82, 2.24) is 10.2 Å². The van der Waals surface area contributed by atoms with Gasteiger partial charge in [0.25, 0.3) is 0 Å². The molecule has 0 radical (unpaired) electrons. The van der Waals surface area contributed by atoms with Crippen LogP contribution in [0.1, 0.15) is 37.5 Å². The van der Waals surface area contributed by atoms with Gasteiger partial charge in [-0.2, -0.15) is 0 Å². The standard InChI is InChI=1S/C21H24N2OS3/c1-21(2,3)17-9-5-15(6-10-17)13-25-19-22-23-20(27-19)26-14-16-7-11-18(24-4)12-8-16/h5-12H,13-14H2,1-4H3. The zero-order valence-electron chi connectivity index (χ0n) is 16.1. The van der Waals surface area contributed by atoms with E-state index in [1.807, 2.05) is 12.1 Å². The second-order valence-electron chi connectivity index (χ2n) is 7.21. The van der Waals surface area contributed by atoms with Gasteiger partial charge in [-0.3, -0.25) is 0 Å². The van der Waals surface area contributed by atoms with E-state index in [1.54, 1.807) is 42.0 Å². The first-order valence-corrected chi connectivity index (χ1v) is 11.5. The SMILES string of the molecule is COc1ccc(CSc2nnc(SCc3ccc(C(C)(C)C)cc3)s2)cc1. The summed E-state index contributed by atoms with van der Waals surface area (Å²) in [6.45, 7) is 6.72. The molecule has 0 bridgehead atoms. The minimum Gasteiger partial charge on any atom is -0.497 e. The number of methoxy groups -OCH3 is 1. The Morgan fingerprint density at radius 1 is 0.815 bits per heavy atom. The molecule has 3 rings (SSSR count). The maximum Gasteiger partial charge on any atom is 0.175 e. The van der Waals surface area contributed by atoms with Crippen LogP contribution in [0.25, 0.3) is 0 Å². The van der Waals surface area contributed by atoms with E-state index in [1.165, 1.54) is 16.7 Å². The van der Waals surface area contributed by atoms with Gasteiger partial charge in [0.05, 0.1) is 7.11 Å². The van der Waals surface area contributed by atoms with Gasteiger partial charge in [-0.05, 0) is 34.2 Å². The number of benzene rings is 2. The Bertz CT molecular complexity index is 852. The molecule has 2 aromatic carbocycles. The molecule has 0 spiro atoms. The van der Waals surface area contributed by atoms with Gasteiger partial charge in [-0.1, -0.05) is 92.0 Å². The lowest BCUT2D eigenvalue weighted by Gasteiger charge is -2.19. The summed E-state index contributed by atoms with van der Waals surface area (Å²) in [7, 11) is 1.68. The fourth-order valence-corrected chi connectivity index (χ4v) is 5.36. The van der Waals surface area contributed by atoms with Crippen LogP contribution in [0.15, 0.2) is 57.2 Å². The number of ether oxygens (including phenoxy) is 1. The van der Waals surface area contributed by atoms with E-state index in [-0.39, 0.29) is 5.41 Å². The molecular formula is C21H24N2OS3. The molecule has 1 heterocycles. The summed E-state index contributed by atoms with van der Waals surface area (Å²) in [6.07, 6.45) is 0. The van der Waals surface area contributed by atoms with Gasteiger partial charge >= 0.3 is 0 Å². The minimum atomic E-state index is 0.195. The molecule has 27 heavy (non-hydrogen) atoms. The summed E-state index contributed by atoms with van der Waals surface area (Å²) in [5, 5.41) is 8.63. The first-order chi connectivity index (χ1) is 12.9. The van der Waals surface area contributed by atoms with Crippen LogP contribution in [0.3, 0.4) is 0 Å². The summed E-state index contributed by atoms with van der Waals surface area (Å²) in [4.78, 5) is 0. The fraction of sp³-hybridized carbons (Fsp3) is 0.333. The number of nitrogens with zero attached hydrogens (tertiary/aromatic N) is 2. The van der Waals surface area contributed by atoms with Crippen LogP contribution < -0.4 is 4.74 Å². The monoisotopic (exact) mass is 416 g/mol. The molecule has 0 fully saturated rings. The zero-order chi connectivity index (χ0) is 19.3. The fourth-order valence-electron chi connectivity index (χ4n) is 2.43. The van der Waals surface area contributed by atoms with Gasteiger partial charge in [-0.15, -0.1) is 10.2 Å². The van der Waals surface area contributed by atoms with Crippen molar-refractivity contribution < 1.29 is 4.74 Å². The van der Waals surface area contributed by atoms with Crippen molar-refractivity contribution in [2.24, 2.45) is 0 Å². The smallest absolute Gasteiger partial charge is 0.175 e. The van der Waals surface area contributed by atoms with Crippen LogP contribution in [-0.2, 0) is 16.9 Å². The highest BCUT2D eigenvalue weighted by atomic mass is 32.2. The number of thioether (sulfide) groups is 2. The molecule has 1 aromatic heterocycles. The third-order valence-electron chi connectivity index (χ3n) is 4.09. The third-order valence-corrected chi connectivity index (χ3v) is 7.42. The maximum atomic E-state index is 5.19. The Morgan fingerprint density at radius 2 is 1.30 bits per heavy atom. The Hall–Kier alpha value is -1.50. The van der Waals surface area contributed by atoms with Crippen LogP contribution in [0.4, 0.5) is 0 Å². The van der Waals surface area contributed by atoms with Crippen molar-refractivity contribution in [2.75, 3.05) is 7.11 Å². The molecule has 0 saturated carbocycles. The summed E-state index contributed by atoms with van der Waals surface area (Å²) < 4.78 is 7.22. The van der Waals surface area contributed by atoms with Crippen LogP contribution in [0.2, 0.25) is 0 Å². The van der Waals surface area contributed by atoms with Gasteiger partial charge in [0.1, 0.15) is 5.75 Å². The molecular weight excluding hydrogens is 392 g/mol. The molecule has 3 aromatic rings. The molecule has 142 valence electrons. The number of hydrogen-bond donors (Lipinski definition) is 0. The van der Waals surface area contributed by atoms with Crippen molar-refractivity contribution in [3.63, 3.8) is 0 Å². The second-order valence-corrected chi connectivity index (χ2v) is 10.6. The molecule has 0 atom stereocenters. The van der Waals surface area contributed by atoms with Crippen LogP contribution >= 0.6 is 34.9 Å². The van der Waals surface area contributed by atoms with Crippen molar-refractivity contribution in [1.29, 1.82) is 0 Å². The Labute approximate surface area is 174 Å². The van der Waals surface area contributed by atoms with Crippen molar-refractivity contribution in [3.05, 3.63) is 65.2 Å². The van der Waals surface area contributed by atoms with Crippen LogP contribution in [0, 0.1) is 0 Å². The second kappa shape index (κ2) is 9.13. The number of hydrogen-bond acceptors (Lipinski definition) is 6. The van der Waals surface area contributed by atoms with E-state index in [9.17, 15) is 0 Å². The molecule has 0 saturated heterocycles. The average molecular weight is 417 g/mol. The molecule has 0 unspecified atom stereocenters. The van der Waals surface area contributed by atoms with E-state index in [4.69, 9.17) is 4.74 Å². The van der Waals surface area contributed by atoms with E-state index < -0.39 is 0 Å². The molecule has 0 aliphatic carbocycles. The Balaban J connectivity index is 1.50. The summed E-state index contributed by atoms with van der Waals surface area (Å²) in [6, 6.07) is 17.0. The normalized spacial score (nSPS) is 11.6. The molecule has 0 N–H and O–H groups in total. The van der Waals surface area contributed by atoms with Crippen molar-refractivity contribution in [2.45, 2.75) is 46.4 Å². The quantitative estimate of drug-likeness (QED) is 0.415. The Kier molecular flexibility index (Phi) is 6.84. The van der Waals surface area contributed by atoms with E-state index in [2.05, 4.69) is 67.4 Å². The lowest BCUT2D eigenvalue weighted by Crippen LogP contribution is -2.10. The zero-order valence-corrected chi connectivity index (χ0v) is 18.5. The maximum absolute atomic E-state index is 5.19. The van der Waals surface area contributed by atoms with Gasteiger partial charge < -0.3 is 4.74 Å². The lowest BCUT2D eigenvalue weighted by atomic mass is 9.87. The average Bonchev–Trinajstić information content (AvgIpc) is 3.13. The van der Waals surface area contributed by atoms with Gasteiger partial charge in [-0.25, -0.2) is 0 Å². The molecule has 0 amide bonds. The third kappa shape index (κ3) is 5.99. The van der Waals surface area contributed by atoms with Gasteiger partial charge in [0, 0.05) is 11.5 Å². The minimum absolute atomic E-state index is 0.195. The molecule has 3 nitrogen and oxygen atoms in total. The molecule has 6 heteroatoms. The highest BCUT2D eigenvalue weighted by Gasteiger charge is 2.13. The van der Waals surface area contributed by atoms with E-state index in [0.29, 0.717) is 0 Å². The van der Waals surface area contributed by atoms with Crippen molar-refractivity contribution in [3.8, 4) is 5.75 Å². The number of aromatic nitrogens is 2. The summed E-state index contributed by atoms with van der Waals surface area (Å²) >= 11 is 5.14. The Morgan fingerprint density at radius 3 is 1.74 bits per heavy atom. The van der Waals surface area contributed by atoms with Gasteiger partial charge in [0.2, 0.25) is 0 Å². The molecule has 0 aliphatic heterocycles. The topological polar surface area (TPSA) is 35.0 Å². The lowest BCUT2D eigenvalue weighted by molar-refractivity contribution is 0.414. The van der Waals surface area contributed by atoms with Crippen LogP contribution in [0.5, 0.6) is 5.75 Å². The highest BCUT2D eigenvalue weighted by molar-refractivity contribution is 8.02.